The molecule has 2 aliphatic rings. The number of carbonyl (C=O) groups is 1. The molecule has 0 aliphatic carbocycles. The third-order valence-corrected chi connectivity index (χ3v) is 5.59. The number of fused-ring (bicyclic) bond motifs is 1. The van der Waals surface area contributed by atoms with Crippen LogP contribution < -0.4 is 5.32 Å². The second-order valence-electron chi connectivity index (χ2n) is 7.07. The van der Waals surface area contributed by atoms with Gasteiger partial charge >= 0.3 is 6.09 Å². The molecule has 1 N–H and O–H groups in total. The summed E-state index contributed by atoms with van der Waals surface area (Å²) < 4.78 is 6.23. The summed E-state index contributed by atoms with van der Waals surface area (Å²) in [6.07, 6.45) is 3.29. The Bertz CT molecular complexity index is 739. The Morgan fingerprint density at radius 3 is 2.52 bits per heavy atom. The molecule has 4 heteroatoms. The number of para-hydroxylation sites is 1. The average Bonchev–Trinajstić information content (AvgIpc) is 3.12. The van der Waals surface area contributed by atoms with E-state index in [1.54, 1.807) is 0 Å². The zero-order valence-corrected chi connectivity index (χ0v) is 14.5. The van der Waals surface area contributed by atoms with Crippen LogP contribution in [0.15, 0.2) is 54.6 Å². The van der Waals surface area contributed by atoms with Gasteiger partial charge < -0.3 is 10.1 Å². The number of piperidine rings is 1. The largest absolute Gasteiger partial charge is 0.516 e. The highest BCUT2D eigenvalue weighted by atomic mass is 16.6. The van der Waals surface area contributed by atoms with E-state index in [0.29, 0.717) is 11.1 Å². The maximum absolute atomic E-state index is 13.2. The molecule has 2 aromatic carbocycles. The summed E-state index contributed by atoms with van der Waals surface area (Å²) in [5, 5.41) is 3.48. The topological polar surface area (TPSA) is 38.3 Å². The quantitative estimate of drug-likeness (QED) is 0.839. The fourth-order valence-corrected chi connectivity index (χ4v) is 4.25. The number of likely N-dealkylation sites (tertiary alicyclic amines) is 1. The van der Waals surface area contributed by atoms with Crippen LogP contribution in [-0.2, 0) is 11.3 Å². The van der Waals surface area contributed by atoms with Gasteiger partial charge in [0.1, 0.15) is 12.6 Å². The Kier molecular flexibility index (Phi) is 4.45. The fourth-order valence-electron chi connectivity index (χ4n) is 4.25. The minimum Gasteiger partial charge on any atom is -0.415 e. The summed E-state index contributed by atoms with van der Waals surface area (Å²) in [5.74, 6) is 0. The van der Waals surface area contributed by atoms with Crippen molar-refractivity contribution in [2.24, 2.45) is 0 Å². The molecule has 130 valence electrons. The van der Waals surface area contributed by atoms with Gasteiger partial charge in [-0.3, -0.25) is 0 Å². The van der Waals surface area contributed by atoms with Crippen molar-refractivity contribution in [3.63, 3.8) is 0 Å². The highest BCUT2D eigenvalue weighted by Crippen LogP contribution is 2.41. The van der Waals surface area contributed by atoms with Crippen LogP contribution in [0.25, 0.3) is 0 Å². The summed E-state index contributed by atoms with van der Waals surface area (Å²) in [6, 6.07) is 18.4. The van der Waals surface area contributed by atoms with E-state index in [0.717, 1.165) is 43.7 Å². The zero-order valence-electron chi connectivity index (χ0n) is 14.5. The van der Waals surface area contributed by atoms with E-state index in [9.17, 15) is 4.79 Å². The summed E-state index contributed by atoms with van der Waals surface area (Å²) in [6.45, 7) is 2.89. The number of anilines is 1. The van der Waals surface area contributed by atoms with Crippen molar-refractivity contribution in [3.8, 4) is 0 Å². The molecule has 1 saturated heterocycles. The van der Waals surface area contributed by atoms with Crippen LogP contribution in [0.5, 0.6) is 0 Å². The Balaban J connectivity index is 1.58. The fraction of sp³-hybridized carbons (Fsp3) is 0.381. The third kappa shape index (κ3) is 3.02. The van der Waals surface area contributed by atoms with E-state index in [1.807, 2.05) is 36.4 Å². The molecule has 4 nitrogen and oxygen atoms in total. The maximum Gasteiger partial charge on any atom is 0.516 e. The average molecular weight is 337 g/mol. The number of ether oxygens (including phenoxy) is 1. The first-order valence-electron chi connectivity index (χ1n) is 9.20. The first kappa shape index (κ1) is 16.2. The molecule has 1 fully saturated rings. The van der Waals surface area contributed by atoms with Crippen molar-refractivity contribution >= 4 is 11.8 Å². The van der Waals surface area contributed by atoms with Crippen LogP contribution in [0.2, 0.25) is 0 Å². The normalized spacial score (nSPS) is 21.2. The predicted octanol–water partition coefficient (Wildman–Crippen LogP) is 4.49. The molecule has 2 aromatic rings. The number of rotatable bonds is 3. The predicted molar refractivity (Wildman–Crippen MR) is 98.1 cm³/mol. The van der Waals surface area contributed by atoms with E-state index in [1.165, 1.54) is 12.0 Å². The van der Waals surface area contributed by atoms with Gasteiger partial charge in [0.05, 0.1) is 19.6 Å². The highest BCUT2D eigenvalue weighted by molar-refractivity contribution is 5.63. The summed E-state index contributed by atoms with van der Waals surface area (Å²) in [7, 11) is 0. The molecular formula is C21H25N2O2+. The number of hydrogen-bond acceptors (Lipinski definition) is 3. The summed E-state index contributed by atoms with van der Waals surface area (Å²) in [5.41, 5.74) is 3.45. The van der Waals surface area contributed by atoms with Gasteiger partial charge in [-0.25, -0.2) is 4.48 Å². The van der Waals surface area contributed by atoms with Crippen LogP contribution in [0.4, 0.5) is 10.5 Å². The number of nitrogens with one attached hydrogen (secondary N) is 1. The lowest BCUT2D eigenvalue weighted by atomic mass is 9.99. The minimum absolute atomic E-state index is 0.0768. The number of carbonyl (C=O) groups excluding carboxylic acids is 1. The van der Waals surface area contributed by atoms with Crippen LogP contribution in [0, 0.1) is 0 Å². The van der Waals surface area contributed by atoms with Crippen molar-refractivity contribution < 1.29 is 14.0 Å². The summed E-state index contributed by atoms with van der Waals surface area (Å²) in [4.78, 5) is 13.2. The number of quaternary nitrogens is 1. The molecule has 2 aliphatic heterocycles. The highest BCUT2D eigenvalue weighted by Gasteiger charge is 2.49. The molecule has 4 rings (SSSR count). The molecular weight excluding hydrogens is 312 g/mol. The number of benzene rings is 2. The van der Waals surface area contributed by atoms with Crippen molar-refractivity contribution in [1.29, 1.82) is 0 Å². The van der Waals surface area contributed by atoms with Gasteiger partial charge in [-0.05, 0) is 30.9 Å². The Labute approximate surface area is 149 Å². The van der Waals surface area contributed by atoms with Gasteiger partial charge in [0, 0.05) is 11.3 Å². The van der Waals surface area contributed by atoms with Crippen molar-refractivity contribution in [2.75, 3.05) is 25.0 Å². The monoisotopic (exact) mass is 337 g/mol. The third-order valence-electron chi connectivity index (χ3n) is 5.59. The lowest BCUT2D eigenvalue weighted by molar-refractivity contribution is -0.891. The van der Waals surface area contributed by atoms with Gasteiger partial charge in [0.2, 0.25) is 0 Å². The molecule has 2 heterocycles. The van der Waals surface area contributed by atoms with Crippen LogP contribution in [0.1, 0.15) is 36.4 Å². The lowest BCUT2D eigenvalue weighted by Crippen LogP contribution is -2.58. The maximum atomic E-state index is 13.2. The van der Waals surface area contributed by atoms with E-state index in [2.05, 4.69) is 23.5 Å². The van der Waals surface area contributed by atoms with E-state index < -0.39 is 0 Å². The van der Waals surface area contributed by atoms with Crippen LogP contribution >= 0.6 is 0 Å². The number of hydrogen-bond donors (Lipinski definition) is 1. The molecule has 25 heavy (non-hydrogen) atoms. The van der Waals surface area contributed by atoms with Gasteiger partial charge in [-0.2, -0.15) is 4.79 Å². The molecule has 1 unspecified atom stereocenters. The van der Waals surface area contributed by atoms with E-state index >= 15 is 0 Å². The van der Waals surface area contributed by atoms with E-state index in [4.69, 9.17) is 4.74 Å². The zero-order chi connectivity index (χ0) is 17.1. The molecule has 1 atom stereocenters. The molecule has 0 saturated carbocycles. The minimum atomic E-state index is -0.0768. The van der Waals surface area contributed by atoms with Crippen molar-refractivity contribution in [2.45, 2.75) is 31.9 Å². The van der Waals surface area contributed by atoms with Crippen LogP contribution in [0.3, 0.4) is 0 Å². The van der Waals surface area contributed by atoms with Gasteiger partial charge in [-0.15, -0.1) is 0 Å². The lowest BCUT2D eigenvalue weighted by Gasteiger charge is -2.41. The Morgan fingerprint density at radius 1 is 1.00 bits per heavy atom. The number of amides is 1. The second-order valence-corrected chi connectivity index (χ2v) is 7.07. The molecule has 0 radical (unpaired) electrons. The Hall–Kier alpha value is -2.33. The molecule has 0 bridgehead atoms. The van der Waals surface area contributed by atoms with Gasteiger partial charge in [0.15, 0.2) is 0 Å². The van der Waals surface area contributed by atoms with Gasteiger partial charge in [-0.1, -0.05) is 48.5 Å². The summed E-state index contributed by atoms with van der Waals surface area (Å²) >= 11 is 0. The van der Waals surface area contributed by atoms with Crippen molar-refractivity contribution in [3.05, 3.63) is 65.7 Å². The Morgan fingerprint density at radius 2 is 1.72 bits per heavy atom. The smallest absolute Gasteiger partial charge is 0.415 e. The molecule has 0 spiro atoms. The molecule has 0 aromatic heterocycles. The van der Waals surface area contributed by atoms with Crippen molar-refractivity contribution in [1.82, 2.24) is 0 Å². The number of nitrogens with zero attached hydrogens (tertiary/aromatic N) is 1. The van der Waals surface area contributed by atoms with Crippen LogP contribution in [-0.4, -0.2) is 30.2 Å². The first-order chi connectivity index (χ1) is 12.3. The first-order valence-corrected chi connectivity index (χ1v) is 9.20. The SMILES string of the molecule is O=C(OCc1ccccc1)[N+]1(C2CNc3ccccc32)CCCCC1. The van der Waals surface area contributed by atoms with E-state index in [-0.39, 0.29) is 12.1 Å². The standard InChI is InChI=1S/C21H25N2O2/c24-21(25-16-17-9-3-1-4-10-17)23(13-7-2-8-14-23)20-15-22-19-12-6-5-11-18(19)20/h1,3-6,9-12,20,22H,2,7-8,13-16H2/q+1. The molecule has 1 amide bonds. The second kappa shape index (κ2) is 6.89. The van der Waals surface area contributed by atoms with Gasteiger partial charge in [0.25, 0.3) is 0 Å².